The van der Waals surface area contributed by atoms with Gasteiger partial charge in [0, 0.05) is 0 Å². The van der Waals surface area contributed by atoms with E-state index in [0.717, 1.165) is 0 Å². The Morgan fingerprint density at radius 1 is 0.286 bits per heavy atom. The fraction of sp³-hybridized carbons (Fsp3) is 0.381. The maximum atomic E-state index is 2.49. The molecule has 0 spiro atoms. The second-order valence-corrected chi connectivity index (χ2v) is 16.4. The molecule has 218 valence electrons. The highest BCUT2D eigenvalue weighted by Gasteiger charge is 2.25. The van der Waals surface area contributed by atoms with Gasteiger partial charge in [0.05, 0.1) is 0 Å². The molecule has 0 saturated heterocycles. The van der Waals surface area contributed by atoms with Crippen molar-refractivity contribution in [3.05, 3.63) is 107 Å². The topological polar surface area (TPSA) is 0 Å². The summed E-state index contributed by atoms with van der Waals surface area (Å²) in [7, 11) is 0. The molecule has 0 amide bonds. The van der Waals surface area contributed by atoms with Gasteiger partial charge >= 0.3 is 0 Å². The normalized spacial score (nSPS) is 13.2. The summed E-state index contributed by atoms with van der Waals surface area (Å²) in [5.74, 6) is 0. The summed E-state index contributed by atoms with van der Waals surface area (Å²) in [5.41, 5.74) is 5.97. The van der Waals surface area contributed by atoms with Crippen LogP contribution in [0.3, 0.4) is 0 Å². The molecule has 6 rings (SSSR count). The van der Waals surface area contributed by atoms with Crippen molar-refractivity contribution < 1.29 is 0 Å². The summed E-state index contributed by atoms with van der Waals surface area (Å²) >= 11 is 0. The van der Waals surface area contributed by atoms with Crippen molar-refractivity contribution in [1.82, 2.24) is 0 Å². The van der Waals surface area contributed by atoms with Crippen molar-refractivity contribution >= 4 is 43.1 Å². The average molecular weight is 555 g/mol. The van der Waals surface area contributed by atoms with Crippen LogP contribution in [-0.2, 0) is 21.7 Å². The lowest BCUT2D eigenvalue weighted by Crippen LogP contribution is -2.14. The van der Waals surface area contributed by atoms with E-state index in [1.165, 1.54) is 65.3 Å². The highest BCUT2D eigenvalue weighted by Crippen LogP contribution is 2.46. The molecule has 0 bridgehead atoms. The van der Waals surface area contributed by atoms with Gasteiger partial charge in [-0.15, -0.1) is 0 Å². The first-order valence-corrected chi connectivity index (χ1v) is 15.6. The van der Waals surface area contributed by atoms with Gasteiger partial charge in [-0.25, -0.2) is 0 Å². The number of fused-ring (bicyclic) bond motifs is 2. The Hall–Kier alpha value is -3.38. The van der Waals surface area contributed by atoms with Crippen LogP contribution in [0.5, 0.6) is 0 Å². The average Bonchev–Trinajstić information content (AvgIpc) is 2.89. The standard InChI is InChI=1S/C36H44.C6H6/c1-33(2,3)23-13-21-14-24(34(4,5)6)19-29-30-20-26(36(10,11)12)16-22-15-25(35(7,8)9)18-28(32(22)30)27(17-23)31(21)29;1-2-4-6-5-3-1/h13-20H,1-12H3;1-6H. The van der Waals surface area contributed by atoms with Crippen LogP contribution in [0.4, 0.5) is 0 Å². The Kier molecular flexibility index (Phi) is 7.25. The molecule has 6 aromatic carbocycles. The first-order valence-electron chi connectivity index (χ1n) is 15.6. The van der Waals surface area contributed by atoms with Gasteiger partial charge in [0.15, 0.2) is 0 Å². The molecule has 42 heavy (non-hydrogen) atoms. The Morgan fingerprint density at radius 2 is 0.476 bits per heavy atom. The van der Waals surface area contributed by atoms with E-state index in [2.05, 4.69) is 132 Å². The van der Waals surface area contributed by atoms with Gasteiger partial charge < -0.3 is 0 Å². The molecular formula is C42H50. The molecule has 0 N–H and O–H groups in total. The van der Waals surface area contributed by atoms with Gasteiger partial charge in [-0.3, -0.25) is 0 Å². The maximum absolute atomic E-state index is 2.49. The van der Waals surface area contributed by atoms with E-state index < -0.39 is 0 Å². The molecule has 0 heterocycles. The second kappa shape index (κ2) is 10.1. The van der Waals surface area contributed by atoms with Crippen molar-refractivity contribution in [3.63, 3.8) is 0 Å². The van der Waals surface area contributed by atoms with Crippen molar-refractivity contribution in [2.45, 2.75) is 105 Å². The Morgan fingerprint density at radius 3 is 0.643 bits per heavy atom. The molecule has 0 aliphatic heterocycles. The van der Waals surface area contributed by atoms with Crippen molar-refractivity contribution in [3.8, 4) is 0 Å². The summed E-state index contributed by atoms with van der Waals surface area (Å²) in [6, 6.07) is 31.8. The minimum atomic E-state index is 0.0830. The van der Waals surface area contributed by atoms with Crippen molar-refractivity contribution in [2.24, 2.45) is 0 Å². The summed E-state index contributed by atoms with van der Waals surface area (Å²) in [6.07, 6.45) is 0. The van der Waals surface area contributed by atoms with Crippen LogP contribution >= 0.6 is 0 Å². The molecule has 0 saturated carbocycles. The second-order valence-electron chi connectivity index (χ2n) is 16.4. The third-order valence-electron chi connectivity index (χ3n) is 8.81. The molecule has 0 unspecified atom stereocenters. The van der Waals surface area contributed by atoms with Crippen LogP contribution in [0.2, 0.25) is 0 Å². The highest BCUT2D eigenvalue weighted by molar-refractivity contribution is 6.33. The lowest BCUT2D eigenvalue weighted by molar-refractivity contribution is 0.589. The fourth-order valence-electron chi connectivity index (χ4n) is 6.00. The lowest BCUT2D eigenvalue weighted by atomic mass is 9.76. The Bertz CT molecular complexity index is 1600. The minimum absolute atomic E-state index is 0.0830. The first-order chi connectivity index (χ1) is 19.4. The molecule has 0 aromatic heterocycles. The summed E-state index contributed by atoms with van der Waals surface area (Å²) < 4.78 is 0. The van der Waals surface area contributed by atoms with Gasteiger partial charge in [0.1, 0.15) is 0 Å². The monoisotopic (exact) mass is 554 g/mol. The van der Waals surface area contributed by atoms with Gasteiger partial charge in [-0.1, -0.05) is 144 Å². The molecule has 0 aliphatic rings. The van der Waals surface area contributed by atoms with Crippen LogP contribution < -0.4 is 0 Å². The maximum Gasteiger partial charge on any atom is -0.00260 e. The van der Waals surface area contributed by atoms with E-state index in [4.69, 9.17) is 0 Å². The lowest BCUT2D eigenvalue weighted by Gasteiger charge is -2.28. The van der Waals surface area contributed by atoms with Crippen LogP contribution in [0, 0.1) is 0 Å². The van der Waals surface area contributed by atoms with Crippen LogP contribution in [-0.4, -0.2) is 0 Å². The first kappa shape index (κ1) is 30.1. The number of rotatable bonds is 0. The smallest absolute Gasteiger partial charge is 0.00260 e. The van der Waals surface area contributed by atoms with Gasteiger partial charge in [0.25, 0.3) is 0 Å². The van der Waals surface area contributed by atoms with Crippen molar-refractivity contribution in [2.75, 3.05) is 0 Å². The van der Waals surface area contributed by atoms with Crippen LogP contribution in [0.25, 0.3) is 43.1 Å². The van der Waals surface area contributed by atoms with Gasteiger partial charge in [-0.2, -0.15) is 0 Å². The molecule has 0 heteroatoms. The van der Waals surface area contributed by atoms with E-state index in [-0.39, 0.29) is 21.7 Å². The highest BCUT2D eigenvalue weighted by atomic mass is 14.3. The predicted molar refractivity (Wildman–Crippen MR) is 189 cm³/mol. The predicted octanol–water partition coefficient (Wildman–Crippen LogP) is 12.6. The van der Waals surface area contributed by atoms with Gasteiger partial charge in [-0.05, 0) is 111 Å². The van der Waals surface area contributed by atoms with E-state index in [1.54, 1.807) is 0 Å². The Labute approximate surface area is 254 Å². The van der Waals surface area contributed by atoms with E-state index in [1.807, 2.05) is 36.4 Å². The third kappa shape index (κ3) is 5.66. The van der Waals surface area contributed by atoms with Crippen LogP contribution in [0.15, 0.2) is 84.9 Å². The molecule has 6 aromatic rings. The Balaban J connectivity index is 0.000000524. The summed E-state index contributed by atoms with van der Waals surface area (Å²) in [6.45, 7) is 28.0. The molecule has 0 aliphatic carbocycles. The fourth-order valence-corrected chi connectivity index (χ4v) is 6.00. The van der Waals surface area contributed by atoms with E-state index in [0.29, 0.717) is 0 Å². The number of hydrogen-bond acceptors (Lipinski definition) is 0. The zero-order valence-electron chi connectivity index (χ0n) is 28.1. The van der Waals surface area contributed by atoms with Crippen molar-refractivity contribution in [1.29, 1.82) is 0 Å². The summed E-state index contributed by atoms with van der Waals surface area (Å²) in [5, 5.41) is 11.2. The molecule has 0 atom stereocenters. The number of benzene rings is 6. The molecule has 0 radical (unpaired) electrons. The molecule has 0 fully saturated rings. The SMILES string of the molecule is CC(C)(C)c1cc2cc(C(C)(C)C)cc3c4cc(C(C)(C)C)cc5cc(C(C)(C)C)cc(c(c1)c23)c54.c1ccccc1. The third-order valence-corrected chi connectivity index (χ3v) is 8.81. The molecule has 0 nitrogen and oxygen atoms in total. The quantitative estimate of drug-likeness (QED) is 0.129. The zero-order valence-corrected chi connectivity index (χ0v) is 28.1. The largest absolute Gasteiger partial charge is 0.0623 e. The van der Waals surface area contributed by atoms with Gasteiger partial charge in [0.2, 0.25) is 0 Å². The van der Waals surface area contributed by atoms with E-state index >= 15 is 0 Å². The van der Waals surface area contributed by atoms with Crippen LogP contribution in [0.1, 0.15) is 105 Å². The van der Waals surface area contributed by atoms with E-state index in [9.17, 15) is 0 Å². The minimum Gasteiger partial charge on any atom is -0.0623 e. The molecular weight excluding hydrogens is 504 g/mol. The zero-order chi connectivity index (χ0) is 30.8. The summed E-state index contributed by atoms with van der Waals surface area (Å²) in [4.78, 5) is 0. The number of hydrogen-bond donors (Lipinski definition) is 0.